The highest BCUT2D eigenvalue weighted by molar-refractivity contribution is 7.20. The molecule has 17 rings (SSSR count). The van der Waals surface area contributed by atoms with E-state index in [1.54, 1.807) is 0 Å². The van der Waals surface area contributed by atoms with Gasteiger partial charge in [0, 0.05) is 45.5 Å². The molecule has 96 heavy (non-hydrogen) atoms. The Morgan fingerprint density at radius 2 is 0.469 bits per heavy atom. The molecule has 0 atom stereocenters. The zero-order valence-electron chi connectivity index (χ0n) is 53.0. The molecule has 0 saturated heterocycles. The van der Waals surface area contributed by atoms with Gasteiger partial charge in [-0.1, -0.05) is 328 Å². The van der Waals surface area contributed by atoms with E-state index in [1.807, 2.05) is 0 Å². The molecule has 2 heterocycles. The lowest BCUT2D eigenvalue weighted by molar-refractivity contribution is 1.23. The van der Waals surface area contributed by atoms with Crippen molar-refractivity contribution in [2.24, 2.45) is 0 Å². The quantitative estimate of drug-likeness (QED) is 0.0748. The van der Waals surface area contributed by atoms with Crippen molar-refractivity contribution in [1.82, 2.24) is 0 Å². The van der Waals surface area contributed by atoms with Crippen LogP contribution < -0.4 is 72.6 Å². The fourth-order valence-electron chi connectivity index (χ4n) is 15.7. The van der Waals surface area contributed by atoms with Crippen LogP contribution in [0, 0.1) is 0 Å². The number of hydrogen-bond acceptors (Lipinski definition) is 3. The average Bonchev–Trinajstić information content (AvgIpc) is 0.687. The van der Waals surface area contributed by atoms with Gasteiger partial charge < -0.3 is 14.7 Å². The summed E-state index contributed by atoms with van der Waals surface area (Å²) < 4.78 is 0. The Labute approximate surface area is 565 Å². The topological polar surface area (TPSA) is 9.72 Å². The minimum absolute atomic E-state index is 0.207. The third-order valence-corrected chi connectivity index (χ3v) is 29.5. The van der Waals surface area contributed by atoms with E-state index < -0.39 is 16.1 Å². The smallest absolute Gasteiger partial charge is 0.252 e. The van der Waals surface area contributed by atoms with Crippen molar-refractivity contribution in [2.45, 2.75) is 0 Å². The van der Waals surface area contributed by atoms with E-state index in [9.17, 15) is 0 Å². The van der Waals surface area contributed by atoms with Crippen molar-refractivity contribution in [1.29, 1.82) is 0 Å². The van der Waals surface area contributed by atoms with Gasteiger partial charge in [-0.25, -0.2) is 0 Å². The van der Waals surface area contributed by atoms with Crippen LogP contribution >= 0.6 is 0 Å². The molecular formula is C90H66BN3Si2. The Kier molecular flexibility index (Phi) is 15.1. The lowest BCUT2D eigenvalue weighted by Crippen LogP contribution is -2.75. The van der Waals surface area contributed by atoms with Crippen molar-refractivity contribution in [2.75, 3.05) is 14.7 Å². The van der Waals surface area contributed by atoms with Crippen molar-refractivity contribution in [3.63, 3.8) is 0 Å². The van der Waals surface area contributed by atoms with Gasteiger partial charge in [0.2, 0.25) is 0 Å². The third kappa shape index (κ3) is 9.88. The van der Waals surface area contributed by atoms with Gasteiger partial charge in [-0.3, -0.25) is 0 Å². The van der Waals surface area contributed by atoms with Crippen molar-refractivity contribution >= 4 is 132 Å². The molecule has 0 radical (unpaired) electrons. The molecule has 452 valence electrons. The van der Waals surface area contributed by atoms with Gasteiger partial charge in [-0.2, -0.15) is 0 Å². The fraction of sp³-hybridized carbons (Fsp3) is 0. The standard InChI is InChI=1S/C90H66BN3Si2/c1-11-31-67(32-12-1)69-51-55-73(56-52-69)93-86-65-82(95(76-39-19-5-20-40-76,77-41-21-6-22-42-77)78-43-23-7-24-44-78)59-61-84(86)91-85-62-60-83(96(79-45-25-8-26-46-79,80-47-27-9-28-48-80)81-49-29-10-30-50-81)66-87(85)94(74-57-53-70(54-58-74)68-33-13-2-14-34-68)89-64-75(63-88(93)90(89)91)92(71-35-15-3-16-36-71)72-37-17-4-18-38-72/h1-66H. The molecular weight excluding hydrogens is 1190 g/mol. The zero-order valence-corrected chi connectivity index (χ0v) is 55.0. The Bertz CT molecular complexity index is 4680. The van der Waals surface area contributed by atoms with Gasteiger partial charge in [0.1, 0.15) is 0 Å². The number of fused-ring (bicyclic) bond motifs is 4. The first kappa shape index (κ1) is 58.1. The largest absolute Gasteiger partial charge is 0.311 e. The summed E-state index contributed by atoms with van der Waals surface area (Å²) in [4.78, 5) is 7.69. The van der Waals surface area contributed by atoms with E-state index >= 15 is 0 Å². The molecule has 0 spiro atoms. The summed E-state index contributed by atoms with van der Waals surface area (Å²) >= 11 is 0. The summed E-state index contributed by atoms with van der Waals surface area (Å²) in [5.74, 6) is 0. The maximum atomic E-state index is 2.62. The molecule has 15 aromatic rings. The van der Waals surface area contributed by atoms with Crippen molar-refractivity contribution in [3.8, 4) is 22.3 Å². The predicted molar refractivity (Wildman–Crippen MR) is 413 cm³/mol. The molecule has 3 nitrogen and oxygen atoms in total. The molecule has 0 aromatic heterocycles. The van der Waals surface area contributed by atoms with Crippen LogP contribution in [0.1, 0.15) is 0 Å². The summed E-state index contributed by atoms with van der Waals surface area (Å²) in [5.41, 5.74) is 18.3. The number of para-hydroxylation sites is 2. The average molecular weight is 1260 g/mol. The first-order valence-corrected chi connectivity index (χ1v) is 37.3. The minimum Gasteiger partial charge on any atom is -0.311 e. The predicted octanol–water partition coefficient (Wildman–Crippen LogP) is 15.3. The van der Waals surface area contributed by atoms with E-state index in [0.717, 1.165) is 62.3 Å². The molecule has 0 aliphatic carbocycles. The molecule has 0 saturated carbocycles. The highest BCUT2D eigenvalue weighted by Gasteiger charge is 2.49. The fourth-order valence-corrected chi connectivity index (χ4v) is 25.3. The Hall–Kier alpha value is -11.8. The minimum atomic E-state index is -3.10. The number of nitrogens with zero attached hydrogens (tertiary/aromatic N) is 3. The van der Waals surface area contributed by atoms with Gasteiger partial charge in [0.15, 0.2) is 16.1 Å². The van der Waals surface area contributed by atoms with Crippen LogP contribution in [0.25, 0.3) is 22.3 Å². The van der Waals surface area contributed by atoms with Gasteiger partial charge in [-0.05, 0) is 153 Å². The molecule has 0 N–H and O–H groups in total. The highest BCUT2D eigenvalue weighted by Crippen LogP contribution is 2.48. The summed E-state index contributed by atoms with van der Waals surface area (Å²) in [6.45, 7) is -0.207. The molecule has 0 unspecified atom stereocenters. The van der Waals surface area contributed by atoms with E-state index in [4.69, 9.17) is 0 Å². The molecule has 6 heteroatoms. The molecule has 2 aliphatic heterocycles. The summed E-state index contributed by atoms with van der Waals surface area (Å²) in [6, 6.07) is 151. The summed E-state index contributed by atoms with van der Waals surface area (Å²) in [7, 11) is -6.20. The summed E-state index contributed by atoms with van der Waals surface area (Å²) in [5, 5.41) is 10.6. The van der Waals surface area contributed by atoms with Crippen LogP contribution in [0.4, 0.5) is 51.2 Å². The van der Waals surface area contributed by atoms with E-state index in [2.05, 4.69) is 415 Å². The number of benzene rings is 15. The number of hydrogen-bond donors (Lipinski definition) is 0. The van der Waals surface area contributed by atoms with Crippen LogP contribution in [-0.2, 0) is 0 Å². The Balaban J connectivity index is 1.01. The van der Waals surface area contributed by atoms with Gasteiger partial charge >= 0.3 is 0 Å². The lowest BCUT2D eigenvalue weighted by Gasteiger charge is -2.46. The van der Waals surface area contributed by atoms with Gasteiger partial charge in [0.05, 0.1) is 5.69 Å². The third-order valence-electron chi connectivity index (χ3n) is 19.9. The lowest BCUT2D eigenvalue weighted by atomic mass is 9.33. The number of rotatable bonds is 15. The maximum Gasteiger partial charge on any atom is 0.252 e. The van der Waals surface area contributed by atoms with Gasteiger partial charge in [0.25, 0.3) is 6.71 Å². The molecule has 0 fully saturated rings. The monoisotopic (exact) mass is 1260 g/mol. The van der Waals surface area contributed by atoms with Crippen LogP contribution in [-0.4, -0.2) is 22.9 Å². The second-order valence-electron chi connectivity index (χ2n) is 25.1. The van der Waals surface area contributed by atoms with Crippen molar-refractivity contribution in [3.05, 3.63) is 400 Å². The summed E-state index contributed by atoms with van der Waals surface area (Å²) in [6.07, 6.45) is 0. The van der Waals surface area contributed by atoms with Crippen LogP contribution in [0.3, 0.4) is 0 Å². The van der Waals surface area contributed by atoms with E-state index in [1.165, 1.54) is 69.0 Å². The first-order valence-electron chi connectivity index (χ1n) is 33.3. The normalized spacial score (nSPS) is 12.3. The first-order chi connectivity index (χ1) is 47.6. The molecule has 0 bridgehead atoms. The zero-order chi connectivity index (χ0) is 63.8. The maximum absolute atomic E-state index is 3.10. The van der Waals surface area contributed by atoms with Crippen molar-refractivity contribution < 1.29 is 0 Å². The molecule has 0 amide bonds. The van der Waals surface area contributed by atoms with E-state index in [0.29, 0.717) is 0 Å². The second-order valence-corrected chi connectivity index (χ2v) is 32.7. The highest BCUT2D eigenvalue weighted by atomic mass is 28.3. The number of anilines is 9. The molecule has 15 aromatic carbocycles. The second kappa shape index (κ2) is 24.9. The Morgan fingerprint density at radius 3 is 0.760 bits per heavy atom. The van der Waals surface area contributed by atoms with Gasteiger partial charge in [-0.15, -0.1) is 0 Å². The molecule has 2 aliphatic rings. The van der Waals surface area contributed by atoms with Crippen LogP contribution in [0.5, 0.6) is 0 Å². The Morgan fingerprint density at radius 1 is 0.208 bits per heavy atom. The van der Waals surface area contributed by atoms with Crippen LogP contribution in [0.2, 0.25) is 0 Å². The van der Waals surface area contributed by atoms with Crippen LogP contribution in [0.15, 0.2) is 400 Å². The van der Waals surface area contributed by atoms with E-state index in [-0.39, 0.29) is 6.71 Å². The SMILES string of the molecule is c1ccc(-c2ccc(N3c4cc([Si](c5ccccc5)(c5ccccc5)c5ccccc5)ccc4B4c5ccc([Si](c6ccccc6)(c6ccccc6)c6ccccc6)cc5N(c5ccc(-c6ccccc6)cc5)c5cc(N(c6ccccc6)c6ccccc6)cc3c54)cc2)cc1.